The van der Waals surface area contributed by atoms with Crippen molar-refractivity contribution in [2.75, 3.05) is 30.8 Å². The number of aromatic amines is 1. The zero-order valence-electron chi connectivity index (χ0n) is 18.0. The van der Waals surface area contributed by atoms with Crippen LogP contribution in [0, 0.1) is 0 Å². The van der Waals surface area contributed by atoms with Crippen LogP contribution >= 0.6 is 0 Å². The summed E-state index contributed by atoms with van der Waals surface area (Å²) in [6.07, 6.45) is 1.98. The number of carbonyl (C=O) groups is 1. The lowest BCUT2D eigenvalue weighted by atomic mass is 10.0. The van der Waals surface area contributed by atoms with Crippen LogP contribution in [0.4, 0.5) is 11.5 Å². The largest absolute Gasteiger partial charge is 0.383 e. The van der Waals surface area contributed by atoms with Gasteiger partial charge in [0.15, 0.2) is 5.69 Å². The minimum atomic E-state index is -0.673. The molecule has 0 saturated carbocycles. The smallest absolute Gasteiger partial charge is 0.330 e. The third-order valence-electron chi connectivity index (χ3n) is 5.99. The predicted molar refractivity (Wildman–Crippen MR) is 125 cm³/mol. The van der Waals surface area contributed by atoms with Gasteiger partial charge in [-0.15, -0.1) is 0 Å². The Bertz CT molecular complexity index is 1200. The summed E-state index contributed by atoms with van der Waals surface area (Å²) in [6, 6.07) is 19.6. The number of nitrogens with zero attached hydrogens (tertiary/aromatic N) is 3. The van der Waals surface area contributed by atoms with Crippen LogP contribution < -0.4 is 21.9 Å². The highest BCUT2D eigenvalue weighted by Gasteiger charge is 2.30. The van der Waals surface area contributed by atoms with Crippen LogP contribution in [0.1, 0.15) is 30.0 Å². The minimum Gasteiger partial charge on any atom is -0.383 e. The van der Waals surface area contributed by atoms with E-state index >= 15 is 0 Å². The number of hydrogen-bond acceptors (Lipinski definition) is 5. The van der Waals surface area contributed by atoms with Gasteiger partial charge in [0.1, 0.15) is 5.82 Å². The number of H-pyrrole nitrogens is 1. The van der Waals surface area contributed by atoms with Crippen LogP contribution in [0.2, 0.25) is 0 Å². The van der Waals surface area contributed by atoms with E-state index in [1.807, 2.05) is 48.5 Å². The highest BCUT2D eigenvalue weighted by atomic mass is 16.2. The van der Waals surface area contributed by atoms with Crippen molar-refractivity contribution >= 4 is 17.4 Å². The van der Waals surface area contributed by atoms with E-state index in [2.05, 4.69) is 22.0 Å². The number of anilines is 2. The molecule has 166 valence electrons. The molecule has 4 rings (SSSR count). The average Bonchev–Trinajstić information content (AvgIpc) is 3.25. The molecule has 8 nitrogen and oxygen atoms in total. The second-order valence-corrected chi connectivity index (χ2v) is 8.06. The molecule has 1 aliphatic rings. The number of hydrogen-bond donors (Lipinski definition) is 2. The number of nitrogens with one attached hydrogen (secondary N) is 1. The van der Waals surface area contributed by atoms with Crippen LogP contribution in [0.15, 0.2) is 70.3 Å². The molecule has 0 radical (unpaired) electrons. The van der Waals surface area contributed by atoms with Crippen molar-refractivity contribution in [1.29, 1.82) is 0 Å². The molecule has 3 N–H and O–H groups in total. The van der Waals surface area contributed by atoms with Crippen LogP contribution in [0.25, 0.3) is 0 Å². The zero-order chi connectivity index (χ0) is 22.7. The van der Waals surface area contributed by atoms with Gasteiger partial charge in [-0.3, -0.25) is 24.0 Å². The van der Waals surface area contributed by atoms with Gasteiger partial charge in [-0.2, -0.15) is 0 Å². The third-order valence-corrected chi connectivity index (χ3v) is 5.99. The molecule has 0 aliphatic carbocycles. The Balaban J connectivity index is 1.58. The molecule has 3 aromatic rings. The van der Waals surface area contributed by atoms with Gasteiger partial charge in [0, 0.05) is 13.1 Å². The van der Waals surface area contributed by atoms with E-state index in [-0.39, 0.29) is 36.5 Å². The van der Waals surface area contributed by atoms with Crippen LogP contribution in [-0.4, -0.2) is 40.5 Å². The molecule has 1 unspecified atom stereocenters. The second-order valence-electron chi connectivity index (χ2n) is 8.06. The lowest BCUT2D eigenvalue weighted by Gasteiger charge is -2.27. The second kappa shape index (κ2) is 9.23. The van der Waals surface area contributed by atoms with Gasteiger partial charge >= 0.3 is 5.69 Å². The topological polar surface area (TPSA) is 104 Å². The van der Waals surface area contributed by atoms with Crippen molar-refractivity contribution < 1.29 is 4.79 Å². The van der Waals surface area contributed by atoms with Gasteiger partial charge in [0.25, 0.3) is 5.56 Å². The standard InChI is InChI=1S/C24H27N5O3/c1-27(20(30)16-28-14-8-13-19(28)18-11-6-3-7-12-18)21-22(25)29(24(32)26-23(21)31)15-17-9-4-2-5-10-17/h2-7,9-12,19H,8,13-16,25H2,1H3,(H,26,31,32). The fourth-order valence-corrected chi connectivity index (χ4v) is 4.30. The molecular formula is C24H27N5O3. The maximum Gasteiger partial charge on any atom is 0.330 e. The van der Waals surface area contributed by atoms with Crippen LogP contribution in [0.5, 0.6) is 0 Å². The Morgan fingerprint density at radius 2 is 1.75 bits per heavy atom. The molecule has 0 spiro atoms. The molecule has 1 aliphatic heterocycles. The summed E-state index contributed by atoms with van der Waals surface area (Å²) in [5.41, 5.74) is 6.97. The van der Waals surface area contributed by atoms with Gasteiger partial charge in [0.05, 0.1) is 13.1 Å². The average molecular weight is 434 g/mol. The summed E-state index contributed by atoms with van der Waals surface area (Å²) >= 11 is 0. The molecule has 1 amide bonds. The minimum absolute atomic E-state index is 0.0130. The van der Waals surface area contributed by atoms with Crippen molar-refractivity contribution in [3.8, 4) is 0 Å². The van der Waals surface area contributed by atoms with Crippen molar-refractivity contribution in [2.45, 2.75) is 25.4 Å². The summed E-state index contributed by atoms with van der Waals surface area (Å²) in [5.74, 6) is -0.283. The molecule has 1 fully saturated rings. The summed E-state index contributed by atoms with van der Waals surface area (Å²) in [6.45, 7) is 1.16. The number of rotatable bonds is 6. The fraction of sp³-hybridized carbons (Fsp3) is 0.292. The maximum atomic E-state index is 13.1. The molecule has 1 saturated heterocycles. The monoisotopic (exact) mass is 433 g/mol. The molecule has 1 aromatic heterocycles. The van der Waals surface area contributed by atoms with Gasteiger partial charge < -0.3 is 10.6 Å². The molecule has 2 heterocycles. The number of nitrogens with two attached hydrogens (primary N) is 1. The number of aromatic nitrogens is 2. The molecule has 2 aromatic carbocycles. The van der Waals surface area contributed by atoms with E-state index in [1.54, 1.807) is 0 Å². The predicted octanol–water partition coefficient (Wildman–Crippen LogP) is 1.97. The summed E-state index contributed by atoms with van der Waals surface area (Å²) < 4.78 is 1.28. The first-order valence-corrected chi connectivity index (χ1v) is 10.7. The number of likely N-dealkylation sites (N-methyl/N-ethyl adjacent to an activating group) is 1. The maximum absolute atomic E-state index is 13.1. The Labute approximate surface area is 185 Å². The number of benzene rings is 2. The SMILES string of the molecule is CN(C(=O)CN1CCCC1c1ccccc1)c1c(N)n(Cc2ccccc2)c(=O)[nH]c1=O. The number of carbonyl (C=O) groups excluding carboxylic acids is 1. The highest BCUT2D eigenvalue weighted by Crippen LogP contribution is 2.31. The van der Waals surface area contributed by atoms with E-state index in [0.29, 0.717) is 0 Å². The molecule has 32 heavy (non-hydrogen) atoms. The summed E-state index contributed by atoms with van der Waals surface area (Å²) in [5, 5.41) is 0. The van der Waals surface area contributed by atoms with E-state index in [9.17, 15) is 14.4 Å². The van der Waals surface area contributed by atoms with E-state index < -0.39 is 11.2 Å². The Hall–Kier alpha value is -3.65. The van der Waals surface area contributed by atoms with Gasteiger partial charge in [-0.1, -0.05) is 60.7 Å². The van der Waals surface area contributed by atoms with Gasteiger partial charge in [-0.25, -0.2) is 4.79 Å². The van der Waals surface area contributed by atoms with E-state index in [4.69, 9.17) is 5.73 Å². The van der Waals surface area contributed by atoms with Gasteiger partial charge in [-0.05, 0) is 30.5 Å². The molecular weight excluding hydrogens is 406 g/mol. The molecule has 8 heteroatoms. The number of amides is 1. The lowest BCUT2D eigenvalue weighted by molar-refractivity contribution is -0.119. The first-order chi connectivity index (χ1) is 15.5. The zero-order valence-corrected chi connectivity index (χ0v) is 18.0. The number of nitrogen functional groups attached to an aromatic ring is 1. The van der Waals surface area contributed by atoms with Gasteiger partial charge in [0.2, 0.25) is 5.91 Å². The van der Waals surface area contributed by atoms with Crippen LogP contribution in [0.3, 0.4) is 0 Å². The quantitative estimate of drug-likeness (QED) is 0.619. The first-order valence-electron chi connectivity index (χ1n) is 10.7. The van der Waals surface area contributed by atoms with Crippen molar-refractivity contribution in [2.24, 2.45) is 0 Å². The Kier molecular flexibility index (Phi) is 6.23. The van der Waals surface area contributed by atoms with Crippen molar-refractivity contribution in [3.63, 3.8) is 0 Å². The first kappa shape index (κ1) is 21.6. The van der Waals surface area contributed by atoms with Crippen molar-refractivity contribution in [1.82, 2.24) is 14.5 Å². The lowest BCUT2D eigenvalue weighted by Crippen LogP contribution is -2.43. The third kappa shape index (κ3) is 4.36. The highest BCUT2D eigenvalue weighted by molar-refractivity contribution is 5.96. The van der Waals surface area contributed by atoms with E-state index in [0.717, 1.165) is 24.9 Å². The molecule has 1 atom stereocenters. The summed E-state index contributed by atoms with van der Waals surface area (Å²) in [4.78, 5) is 43.8. The Morgan fingerprint density at radius 1 is 1.09 bits per heavy atom. The summed E-state index contributed by atoms with van der Waals surface area (Å²) in [7, 11) is 1.52. The molecule has 0 bridgehead atoms. The van der Waals surface area contributed by atoms with E-state index in [1.165, 1.54) is 22.1 Å². The fourth-order valence-electron chi connectivity index (χ4n) is 4.30. The Morgan fingerprint density at radius 3 is 2.44 bits per heavy atom. The van der Waals surface area contributed by atoms with Crippen LogP contribution in [-0.2, 0) is 11.3 Å². The number of likely N-dealkylation sites (tertiary alicyclic amines) is 1. The van der Waals surface area contributed by atoms with Crippen molar-refractivity contribution in [3.05, 3.63) is 92.6 Å². The normalized spacial score (nSPS) is 16.2.